The number of aromatic nitrogens is 2. The summed E-state index contributed by atoms with van der Waals surface area (Å²) in [5, 5.41) is 8.84. The van der Waals surface area contributed by atoms with Crippen molar-refractivity contribution in [3.63, 3.8) is 0 Å². The van der Waals surface area contributed by atoms with Crippen molar-refractivity contribution in [1.82, 2.24) is 14.5 Å². The number of carbonyl (C=O) groups is 1. The second-order valence-corrected chi connectivity index (χ2v) is 4.79. The van der Waals surface area contributed by atoms with Crippen LogP contribution in [-0.2, 0) is 11.3 Å². The van der Waals surface area contributed by atoms with Gasteiger partial charge in [0.1, 0.15) is 0 Å². The van der Waals surface area contributed by atoms with Crippen LogP contribution in [0.25, 0.3) is 0 Å². The van der Waals surface area contributed by atoms with E-state index in [9.17, 15) is 4.79 Å². The normalized spacial score (nSPS) is 12.0. The Balaban J connectivity index is 2.54. The molecule has 0 fully saturated rings. The first-order chi connectivity index (χ1) is 7.39. The van der Waals surface area contributed by atoms with Gasteiger partial charge in [0.05, 0.1) is 12.9 Å². The van der Waals surface area contributed by atoms with Crippen LogP contribution < -0.4 is 0 Å². The number of hydrogen-bond donors (Lipinski definition) is 1. The van der Waals surface area contributed by atoms with Crippen molar-refractivity contribution in [3.8, 4) is 0 Å². The topological polar surface area (TPSA) is 58.4 Å². The Morgan fingerprint density at radius 3 is 2.62 bits per heavy atom. The molecule has 1 aromatic rings. The number of imidazole rings is 1. The van der Waals surface area contributed by atoms with Crippen molar-refractivity contribution < 1.29 is 9.90 Å². The number of carboxylic acids is 1. The second kappa shape index (κ2) is 5.12. The maximum Gasteiger partial charge on any atom is 0.317 e. The van der Waals surface area contributed by atoms with Gasteiger partial charge in [-0.05, 0) is 20.8 Å². The molecule has 0 radical (unpaired) electrons. The lowest BCUT2D eigenvalue weighted by atomic mass is 10.1. The van der Waals surface area contributed by atoms with Crippen LogP contribution in [0, 0.1) is 0 Å². The molecule has 0 saturated heterocycles. The van der Waals surface area contributed by atoms with E-state index in [1.165, 1.54) is 0 Å². The summed E-state index contributed by atoms with van der Waals surface area (Å²) in [5.74, 6) is -0.791. The second-order valence-electron chi connectivity index (χ2n) is 4.79. The first kappa shape index (κ1) is 12.7. The molecule has 0 unspecified atom stereocenters. The molecular formula is C11H19N3O2. The number of nitrogens with zero attached hydrogens (tertiary/aromatic N) is 3. The van der Waals surface area contributed by atoms with E-state index < -0.39 is 5.97 Å². The van der Waals surface area contributed by atoms with Crippen molar-refractivity contribution >= 4 is 5.97 Å². The van der Waals surface area contributed by atoms with Crippen LogP contribution in [0.15, 0.2) is 18.7 Å². The number of rotatable bonds is 5. The maximum atomic E-state index is 10.8. The predicted molar refractivity (Wildman–Crippen MR) is 61.2 cm³/mol. The lowest BCUT2D eigenvalue weighted by molar-refractivity contribution is -0.139. The van der Waals surface area contributed by atoms with Crippen molar-refractivity contribution in [3.05, 3.63) is 18.7 Å². The van der Waals surface area contributed by atoms with Gasteiger partial charge in [-0.1, -0.05) is 0 Å². The Hall–Kier alpha value is -1.36. The van der Waals surface area contributed by atoms with Gasteiger partial charge in [0.15, 0.2) is 0 Å². The molecule has 0 saturated carbocycles. The summed E-state index contributed by atoms with van der Waals surface area (Å²) in [5.41, 5.74) is -0.140. The van der Waals surface area contributed by atoms with Crippen LogP contribution in [0.1, 0.15) is 20.8 Å². The fraction of sp³-hybridized carbons (Fsp3) is 0.636. The van der Waals surface area contributed by atoms with Gasteiger partial charge in [0, 0.05) is 31.0 Å². The summed E-state index contributed by atoms with van der Waals surface area (Å²) in [6, 6.07) is 0. The van der Waals surface area contributed by atoms with Gasteiger partial charge in [-0.3, -0.25) is 9.69 Å². The monoisotopic (exact) mass is 225 g/mol. The summed E-state index contributed by atoms with van der Waals surface area (Å²) < 4.78 is 1.95. The van der Waals surface area contributed by atoms with E-state index in [2.05, 4.69) is 4.98 Å². The van der Waals surface area contributed by atoms with Gasteiger partial charge < -0.3 is 9.67 Å². The summed E-state index contributed by atoms with van der Waals surface area (Å²) >= 11 is 0. The fourth-order valence-electron chi connectivity index (χ4n) is 1.47. The number of carboxylic acid groups (broad SMARTS) is 1. The minimum atomic E-state index is -0.791. The Morgan fingerprint density at radius 1 is 1.50 bits per heavy atom. The maximum absolute atomic E-state index is 10.8. The molecule has 0 bridgehead atoms. The largest absolute Gasteiger partial charge is 0.480 e. The van der Waals surface area contributed by atoms with Crippen LogP contribution >= 0.6 is 0 Å². The van der Waals surface area contributed by atoms with E-state index in [1.54, 1.807) is 12.5 Å². The van der Waals surface area contributed by atoms with E-state index >= 15 is 0 Å². The highest BCUT2D eigenvalue weighted by molar-refractivity contribution is 5.69. The molecule has 0 atom stereocenters. The molecule has 1 heterocycles. The first-order valence-electron chi connectivity index (χ1n) is 5.32. The average Bonchev–Trinajstić information content (AvgIpc) is 2.62. The van der Waals surface area contributed by atoms with Crippen molar-refractivity contribution in [2.24, 2.45) is 0 Å². The minimum Gasteiger partial charge on any atom is -0.480 e. The third kappa shape index (κ3) is 4.02. The molecule has 5 nitrogen and oxygen atoms in total. The summed E-state index contributed by atoms with van der Waals surface area (Å²) in [7, 11) is 0. The van der Waals surface area contributed by atoms with Crippen LogP contribution in [0.4, 0.5) is 0 Å². The van der Waals surface area contributed by atoms with Crippen LogP contribution in [0.3, 0.4) is 0 Å². The van der Waals surface area contributed by atoms with Crippen molar-refractivity contribution in [1.29, 1.82) is 0 Å². The zero-order chi connectivity index (χ0) is 12.2. The summed E-state index contributed by atoms with van der Waals surface area (Å²) in [4.78, 5) is 16.6. The highest BCUT2D eigenvalue weighted by Gasteiger charge is 2.22. The number of aliphatic carboxylic acids is 1. The third-order valence-electron chi connectivity index (χ3n) is 2.46. The van der Waals surface area contributed by atoms with Crippen LogP contribution in [0.5, 0.6) is 0 Å². The van der Waals surface area contributed by atoms with E-state index in [0.29, 0.717) is 6.54 Å². The lowest BCUT2D eigenvalue weighted by Gasteiger charge is -2.34. The Morgan fingerprint density at radius 2 is 2.19 bits per heavy atom. The van der Waals surface area contributed by atoms with Crippen molar-refractivity contribution in [2.75, 3.05) is 13.1 Å². The molecule has 1 rings (SSSR count). The highest BCUT2D eigenvalue weighted by atomic mass is 16.4. The van der Waals surface area contributed by atoms with Gasteiger partial charge >= 0.3 is 5.97 Å². The van der Waals surface area contributed by atoms with E-state index in [-0.39, 0.29) is 12.1 Å². The number of hydrogen-bond acceptors (Lipinski definition) is 3. The molecule has 0 amide bonds. The highest BCUT2D eigenvalue weighted by Crippen LogP contribution is 2.12. The Kier molecular flexibility index (Phi) is 4.06. The zero-order valence-electron chi connectivity index (χ0n) is 10.1. The molecule has 16 heavy (non-hydrogen) atoms. The molecule has 1 N–H and O–H groups in total. The van der Waals surface area contributed by atoms with Gasteiger partial charge in [-0.2, -0.15) is 0 Å². The van der Waals surface area contributed by atoms with Gasteiger partial charge in [0.2, 0.25) is 0 Å². The van der Waals surface area contributed by atoms with E-state index in [1.807, 2.05) is 36.4 Å². The van der Waals surface area contributed by atoms with E-state index in [0.717, 1.165) is 6.54 Å². The molecule has 5 heteroatoms. The molecule has 0 aliphatic rings. The zero-order valence-corrected chi connectivity index (χ0v) is 10.1. The molecule has 0 spiro atoms. The van der Waals surface area contributed by atoms with Crippen LogP contribution in [0.2, 0.25) is 0 Å². The average molecular weight is 225 g/mol. The molecular weight excluding hydrogens is 206 g/mol. The van der Waals surface area contributed by atoms with Gasteiger partial charge in [0.25, 0.3) is 0 Å². The standard InChI is InChI=1S/C11H19N3O2/c1-11(2,3)14(8-10(15)16)7-6-13-5-4-12-9-13/h4-5,9H,6-8H2,1-3H3,(H,15,16). The van der Waals surface area contributed by atoms with Gasteiger partial charge in [-0.25, -0.2) is 4.98 Å². The Bertz CT molecular complexity index is 327. The molecule has 1 aromatic heterocycles. The SMILES string of the molecule is CC(C)(C)N(CCn1ccnc1)CC(=O)O. The lowest BCUT2D eigenvalue weighted by Crippen LogP contribution is -2.45. The van der Waals surface area contributed by atoms with Crippen LogP contribution in [-0.4, -0.2) is 44.2 Å². The summed E-state index contributed by atoms with van der Waals surface area (Å²) in [6.07, 6.45) is 5.34. The molecule has 0 aliphatic carbocycles. The van der Waals surface area contributed by atoms with E-state index in [4.69, 9.17) is 5.11 Å². The van der Waals surface area contributed by atoms with Gasteiger partial charge in [-0.15, -0.1) is 0 Å². The Labute approximate surface area is 95.7 Å². The molecule has 0 aliphatic heterocycles. The quantitative estimate of drug-likeness (QED) is 0.814. The third-order valence-corrected chi connectivity index (χ3v) is 2.46. The molecule has 90 valence electrons. The first-order valence-corrected chi connectivity index (χ1v) is 5.32. The fourth-order valence-corrected chi connectivity index (χ4v) is 1.47. The molecule has 0 aromatic carbocycles. The minimum absolute atomic E-state index is 0.0677. The van der Waals surface area contributed by atoms with Crippen molar-refractivity contribution in [2.45, 2.75) is 32.9 Å². The predicted octanol–water partition coefficient (Wildman–Crippen LogP) is 1.07. The smallest absolute Gasteiger partial charge is 0.317 e. The summed E-state index contributed by atoms with van der Waals surface area (Å²) in [6.45, 7) is 7.58.